The molecule has 2 unspecified atom stereocenters. The van der Waals surface area contributed by atoms with E-state index in [2.05, 4.69) is 41.4 Å². The lowest BCUT2D eigenvalue weighted by Crippen LogP contribution is -2.63. The molecule has 28 heteroatoms. The first-order valence-electron chi connectivity index (χ1n) is 25.6. The lowest BCUT2D eigenvalue weighted by Gasteiger charge is -2.48. The van der Waals surface area contributed by atoms with E-state index in [0.29, 0.717) is 80.3 Å². The van der Waals surface area contributed by atoms with Crippen molar-refractivity contribution in [2.75, 3.05) is 52.0 Å². The summed E-state index contributed by atoms with van der Waals surface area (Å²) in [7, 11) is 1.60. The van der Waals surface area contributed by atoms with Gasteiger partial charge in [0.2, 0.25) is 5.91 Å². The van der Waals surface area contributed by atoms with Gasteiger partial charge in [0.05, 0.1) is 56.5 Å². The largest absolute Gasteiger partial charge is 0.453 e. The number of nitrogens with one attached hydrogen (secondary N) is 4. The first-order valence-corrected chi connectivity index (χ1v) is 25.6. The zero-order valence-electron chi connectivity index (χ0n) is 45.7. The molecule has 3 fully saturated rings. The standard InChI is InChI=1S/C54H64F10N10O8/c1-29-18-32(22-67-45(29)72-23-34-14-15-35(24-72)74(34)36-27-82-28-36)13-10-30-8-11-31(12-9-30)19-41(68-46(76)43(69-49(78)80-6)51(2,3)53(59,60)61)42(75)26-73(71-47(77)44(70-50(79)81-7)52(4,5)54(62,63)64)25-37-38(55)20-33(21-39(37)56)40(65)16-17-66-48(57)58/h8-9,11-12,16-18,20-22,34-36,41-44,48,75H,14-15,19,23-28,65H2,1-7H3,(H,68,76)(H,69,78)(H,70,79)(H,71,77)/t34?,35?,41-,42-,43+,44+/m0/s1. The maximum absolute atomic E-state index is 16.0. The van der Waals surface area contributed by atoms with Crippen LogP contribution in [0.25, 0.3) is 5.70 Å². The van der Waals surface area contributed by atoms with Gasteiger partial charge in [0.1, 0.15) is 29.5 Å². The van der Waals surface area contributed by atoms with Crippen molar-refractivity contribution in [3.63, 3.8) is 0 Å². The molecule has 6 atom stereocenters. The van der Waals surface area contributed by atoms with E-state index in [9.17, 15) is 59.4 Å². The van der Waals surface area contributed by atoms with Crippen LogP contribution in [0, 0.1) is 41.2 Å². The van der Waals surface area contributed by atoms with Crippen LogP contribution in [0.1, 0.15) is 73.9 Å². The Labute approximate surface area is 466 Å². The number of aliphatic imine (C=N–C) groups is 1. The number of carbonyl (C=O) groups is 4. The van der Waals surface area contributed by atoms with E-state index >= 15 is 8.78 Å². The average molecular weight is 1170 g/mol. The Hall–Kier alpha value is -7.22. The van der Waals surface area contributed by atoms with Crippen LogP contribution in [0.2, 0.25) is 0 Å². The number of aromatic nitrogens is 1. The number of carbonyl (C=O) groups excluding carboxylic acids is 4. The van der Waals surface area contributed by atoms with Crippen LogP contribution < -0.4 is 32.0 Å². The molecular weight excluding hydrogens is 1110 g/mol. The topological polar surface area (TPSA) is 225 Å². The molecule has 3 aliphatic heterocycles. The summed E-state index contributed by atoms with van der Waals surface area (Å²) in [6.45, 7) is 1.92. The Kier molecular flexibility index (Phi) is 20.6. The number of fused-ring (bicyclic) bond motifs is 2. The zero-order chi connectivity index (χ0) is 60.6. The second-order valence-corrected chi connectivity index (χ2v) is 21.2. The van der Waals surface area contributed by atoms with Gasteiger partial charge in [-0.2, -0.15) is 35.1 Å². The summed E-state index contributed by atoms with van der Waals surface area (Å²) in [5.41, 5.74) is 2.10. The van der Waals surface area contributed by atoms with Crippen molar-refractivity contribution < 1.29 is 82.4 Å². The van der Waals surface area contributed by atoms with Gasteiger partial charge in [-0.1, -0.05) is 24.0 Å². The Balaban J connectivity index is 1.33. The van der Waals surface area contributed by atoms with Crippen molar-refractivity contribution in [2.24, 2.45) is 21.6 Å². The second-order valence-electron chi connectivity index (χ2n) is 21.2. The Morgan fingerprint density at radius 1 is 0.841 bits per heavy atom. The minimum Gasteiger partial charge on any atom is -0.453 e. The lowest BCUT2D eigenvalue weighted by molar-refractivity contribution is -0.221. The highest BCUT2D eigenvalue weighted by molar-refractivity contribution is 5.87. The molecule has 0 aliphatic carbocycles. The van der Waals surface area contributed by atoms with Crippen LogP contribution in [0.3, 0.4) is 0 Å². The number of alkyl carbamates (subject to hydrolysis) is 2. The number of aliphatic hydroxyl groups is 1. The van der Waals surface area contributed by atoms with E-state index in [-0.39, 0.29) is 5.56 Å². The van der Waals surface area contributed by atoms with Crippen LogP contribution in [0.4, 0.5) is 59.3 Å². The third-order valence-electron chi connectivity index (χ3n) is 14.8. The number of piperazine rings is 1. The molecule has 3 aromatic rings. The van der Waals surface area contributed by atoms with E-state index in [1.165, 1.54) is 12.1 Å². The van der Waals surface area contributed by atoms with Gasteiger partial charge in [-0.25, -0.2) is 33.4 Å². The van der Waals surface area contributed by atoms with E-state index in [4.69, 9.17) is 15.5 Å². The number of rotatable bonds is 20. The number of halogens is 10. The number of nitrogens with two attached hydrogens (primary N) is 1. The van der Waals surface area contributed by atoms with Gasteiger partial charge in [0.25, 0.3) is 5.91 Å². The van der Waals surface area contributed by atoms with Crippen LogP contribution in [0.15, 0.2) is 59.7 Å². The number of pyridine rings is 1. The number of aryl methyl sites for hydroxylation is 1. The van der Waals surface area contributed by atoms with E-state index in [1.54, 1.807) is 23.6 Å². The summed E-state index contributed by atoms with van der Waals surface area (Å²) in [5, 5.41) is 18.5. The monoisotopic (exact) mass is 1170 g/mol. The van der Waals surface area contributed by atoms with Gasteiger partial charge in [-0.3, -0.25) is 19.9 Å². The summed E-state index contributed by atoms with van der Waals surface area (Å²) in [4.78, 5) is 65.3. The van der Waals surface area contributed by atoms with Crippen molar-refractivity contribution >= 4 is 41.7 Å². The lowest BCUT2D eigenvalue weighted by atomic mass is 9.82. The number of amides is 4. The number of anilines is 1. The molecule has 82 heavy (non-hydrogen) atoms. The Morgan fingerprint density at radius 2 is 1.38 bits per heavy atom. The molecule has 6 rings (SSSR count). The smallest absolute Gasteiger partial charge is 0.407 e. The number of methoxy groups -OCH3 is 2. The van der Waals surface area contributed by atoms with E-state index < -0.39 is 126 Å². The van der Waals surface area contributed by atoms with Crippen LogP contribution in [-0.4, -0.2) is 159 Å². The van der Waals surface area contributed by atoms with Gasteiger partial charge < -0.3 is 45.9 Å². The van der Waals surface area contributed by atoms with E-state index in [0.717, 1.165) is 70.8 Å². The molecule has 0 radical (unpaired) electrons. The maximum atomic E-state index is 16.0. The molecule has 0 spiro atoms. The number of hydrazine groups is 1. The quantitative estimate of drug-likeness (QED) is 0.0242. The number of ether oxygens (including phenoxy) is 3. The number of aliphatic hydroxyl groups excluding tert-OH is 1. The van der Waals surface area contributed by atoms with Crippen molar-refractivity contribution in [3.8, 4) is 11.8 Å². The van der Waals surface area contributed by atoms with Gasteiger partial charge in [-0.15, -0.1) is 0 Å². The third kappa shape index (κ3) is 15.5. The van der Waals surface area contributed by atoms with Crippen LogP contribution in [0.5, 0.6) is 0 Å². The highest BCUT2D eigenvalue weighted by Crippen LogP contribution is 2.42. The molecular formula is C54H64F10N10O8. The minimum atomic E-state index is -5.24. The van der Waals surface area contributed by atoms with Crippen molar-refractivity contribution in [2.45, 2.75) is 122 Å². The van der Waals surface area contributed by atoms with E-state index in [1.807, 2.05) is 23.7 Å². The summed E-state index contributed by atoms with van der Waals surface area (Å²) >= 11 is 0. The molecule has 0 saturated carbocycles. The highest BCUT2D eigenvalue weighted by Gasteiger charge is 2.57. The predicted molar refractivity (Wildman–Crippen MR) is 278 cm³/mol. The SMILES string of the molecule is COC(=O)N[C@H](C(=O)N[C@@H](Cc1ccc(C#Cc2cnc(N3CC4CCC(C3)N4C3COC3)c(C)c2)cc1)[C@@H](O)CN(Cc1c(F)cc(C(N)=CC=NC(F)F)cc1F)NC(=O)[C@@H](NC(=O)OC)C(C)(C)C(F)(F)F)C(C)(C)C(F)(F)F. The second kappa shape index (κ2) is 26.4. The third-order valence-corrected chi connectivity index (χ3v) is 14.8. The number of benzene rings is 2. The van der Waals surface area contributed by atoms with Gasteiger partial charge in [0.15, 0.2) is 0 Å². The average Bonchev–Trinajstić information content (AvgIpc) is 3.86. The normalized spacial score (nSPS) is 18.7. The van der Waals surface area contributed by atoms with Crippen LogP contribution >= 0.6 is 0 Å². The summed E-state index contributed by atoms with van der Waals surface area (Å²) in [6, 6.07) is 3.69. The fourth-order valence-electron chi connectivity index (χ4n) is 9.69. The van der Waals surface area contributed by atoms with Gasteiger partial charge in [0, 0.05) is 78.6 Å². The fraction of sp³-hybridized carbons (Fsp3) is 0.519. The molecule has 2 bridgehead atoms. The first-order chi connectivity index (χ1) is 38.3. The summed E-state index contributed by atoms with van der Waals surface area (Å²) < 4.78 is 159. The number of nitrogens with zero attached hydrogens (tertiary/aromatic N) is 5. The number of alkyl halides is 8. The number of allylic oxidation sites excluding steroid dienone is 1. The van der Waals surface area contributed by atoms with Crippen molar-refractivity contribution in [3.05, 3.63) is 99.8 Å². The van der Waals surface area contributed by atoms with Crippen molar-refractivity contribution in [1.29, 1.82) is 0 Å². The summed E-state index contributed by atoms with van der Waals surface area (Å²) in [5.74, 6) is 0.843. The molecule has 448 valence electrons. The highest BCUT2D eigenvalue weighted by atomic mass is 19.4. The molecule has 18 nitrogen and oxygen atoms in total. The maximum Gasteiger partial charge on any atom is 0.407 e. The predicted octanol–water partition coefficient (Wildman–Crippen LogP) is 6.26. The number of hydrogen-bond donors (Lipinski definition) is 6. The van der Waals surface area contributed by atoms with Gasteiger partial charge >= 0.3 is 31.1 Å². The molecule has 2 aromatic carbocycles. The van der Waals surface area contributed by atoms with Crippen molar-refractivity contribution in [1.82, 2.24) is 36.3 Å². The number of hydrogen-bond acceptors (Lipinski definition) is 14. The molecule has 3 saturated heterocycles. The van der Waals surface area contributed by atoms with Crippen LogP contribution in [-0.2, 0) is 36.8 Å². The summed E-state index contributed by atoms with van der Waals surface area (Å²) in [6.07, 6.45) is -10.8. The minimum absolute atomic E-state index is 0.269. The molecule has 4 heterocycles. The molecule has 4 amide bonds. The molecule has 7 N–H and O–H groups in total. The first kappa shape index (κ1) is 64.0. The Morgan fingerprint density at radius 3 is 1.87 bits per heavy atom. The van der Waals surface area contributed by atoms with Gasteiger partial charge in [-0.05, 0) is 101 Å². The molecule has 1 aromatic heterocycles. The Bertz CT molecular complexity index is 2870. The fourth-order valence-corrected chi connectivity index (χ4v) is 9.69. The zero-order valence-corrected chi connectivity index (χ0v) is 45.7. The molecule has 3 aliphatic rings.